The van der Waals surface area contributed by atoms with Gasteiger partial charge in [-0.15, -0.1) is 0 Å². The average Bonchev–Trinajstić information content (AvgIpc) is 2.54. The van der Waals surface area contributed by atoms with Crippen LogP contribution in [-0.2, 0) is 17.8 Å². The van der Waals surface area contributed by atoms with Crippen molar-refractivity contribution in [2.45, 2.75) is 26.8 Å². The SMILES string of the molecule is CC(=O)N1CCc2ccc(NC(=O)c3ccccc3C)cc2C1. The van der Waals surface area contributed by atoms with E-state index in [1.165, 1.54) is 5.56 Å². The summed E-state index contributed by atoms with van der Waals surface area (Å²) in [7, 11) is 0. The molecule has 0 saturated heterocycles. The van der Waals surface area contributed by atoms with Crippen molar-refractivity contribution < 1.29 is 9.59 Å². The average molecular weight is 308 g/mol. The van der Waals surface area contributed by atoms with Gasteiger partial charge in [0.1, 0.15) is 0 Å². The van der Waals surface area contributed by atoms with E-state index in [0.29, 0.717) is 12.1 Å². The summed E-state index contributed by atoms with van der Waals surface area (Å²) in [6.07, 6.45) is 0.862. The molecule has 2 amide bonds. The Morgan fingerprint density at radius 3 is 2.61 bits per heavy atom. The van der Waals surface area contributed by atoms with Crippen molar-refractivity contribution in [2.75, 3.05) is 11.9 Å². The number of nitrogens with one attached hydrogen (secondary N) is 1. The third-order valence-corrected chi connectivity index (χ3v) is 4.31. The van der Waals surface area contributed by atoms with Crippen LogP contribution in [-0.4, -0.2) is 23.3 Å². The van der Waals surface area contributed by atoms with Crippen molar-refractivity contribution in [2.24, 2.45) is 0 Å². The normalized spacial score (nSPS) is 13.4. The van der Waals surface area contributed by atoms with Gasteiger partial charge < -0.3 is 10.2 Å². The molecule has 1 aliphatic rings. The molecule has 0 radical (unpaired) electrons. The Kier molecular flexibility index (Phi) is 4.15. The summed E-state index contributed by atoms with van der Waals surface area (Å²) < 4.78 is 0. The van der Waals surface area contributed by atoms with E-state index in [4.69, 9.17) is 0 Å². The lowest BCUT2D eigenvalue weighted by Crippen LogP contribution is -2.34. The molecule has 2 aromatic rings. The molecular formula is C19H20N2O2. The zero-order chi connectivity index (χ0) is 16.4. The zero-order valence-corrected chi connectivity index (χ0v) is 13.4. The minimum atomic E-state index is -0.109. The van der Waals surface area contributed by atoms with Crippen LogP contribution in [0.2, 0.25) is 0 Å². The molecule has 1 heterocycles. The fourth-order valence-electron chi connectivity index (χ4n) is 2.93. The number of aryl methyl sites for hydroxylation is 1. The summed E-state index contributed by atoms with van der Waals surface area (Å²) in [6, 6.07) is 13.5. The van der Waals surface area contributed by atoms with Gasteiger partial charge in [-0.05, 0) is 48.2 Å². The van der Waals surface area contributed by atoms with E-state index < -0.39 is 0 Å². The summed E-state index contributed by atoms with van der Waals surface area (Å²) in [4.78, 5) is 25.8. The fraction of sp³-hybridized carbons (Fsp3) is 0.263. The number of hydrogen-bond acceptors (Lipinski definition) is 2. The van der Waals surface area contributed by atoms with Crippen LogP contribution in [0.3, 0.4) is 0 Å². The number of carbonyl (C=O) groups is 2. The Bertz CT molecular complexity index is 768. The van der Waals surface area contributed by atoms with E-state index in [1.807, 2.05) is 54.3 Å². The Balaban J connectivity index is 1.80. The number of amides is 2. The van der Waals surface area contributed by atoms with E-state index >= 15 is 0 Å². The third kappa shape index (κ3) is 3.26. The third-order valence-electron chi connectivity index (χ3n) is 4.31. The standard InChI is InChI=1S/C19H20N2O2/c1-13-5-3-4-6-18(13)19(23)20-17-8-7-15-9-10-21(14(2)22)12-16(15)11-17/h3-8,11H,9-10,12H2,1-2H3,(H,20,23). The number of rotatable bonds is 2. The Hall–Kier alpha value is -2.62. The lowest BCUT2D eigenvalue weighted by Gasteiger charge is -2.28. The number of fused-ring (bicyclic) bond motifs is 1. The number of benzene rings is 2. The molecule has 0 unspecified atom stereocenters. The van der Waals surface area contributed by atoms with E-state index in [9.17, 15) is 9.59 Å². The Labute approximate surface area is 136 Å². The lowest BCUT2D eigenvalue weighted by molar-refractivity contribution is -0.129. The molecular weight excluding hydrogens is 288 g/mol. The van der Waals surface area contributed by atoms with Crippen molar-refractivity contribution in [3.63, 3.8) is 0 Å². The van der Waals surface area contributed by atoms with Gasteiger partial charge in [-0.1, -0.05) is 24.3 Å². The predicted molar refractivity (Wildman–Crippen MR) is 90.4 cm³/mol. The molecule has 0 fully saturated rings. The minimum Gasteiger partial charge on any atom is -0.338 e. The number of carbonyl (C=O) groups excluding carboxylic acids is 2. The summed E-state index contributed by atoms with van der Waals surface area (Å²) >= 11 is 0. The zero-order valence-electron chi connectivity index (χ0n) is 13.4. The first kappa shape index (κ1) is 15.3. The molecule has 4 heteroatoms. The van der Waals surface area contributed by atoms with Gasteiger partial charge in [-0.25, -0.2) is 0 Å². The monoisotopic (exact) mass is 308 g/mol. The van der Waals surface area contributed by atoms with E-state index in [1.54, 1.807) is 6.92 Å². The van der Waals surface area contributed by atoms with Gasteiger partial charge in [-0.2, -0.15) is 0 Å². The van der Waals surface area contributed by atoms with Crippen molar-refractivity contribution in [3.8, 4) is 0 Å². The van der Waals surface area contributed by atoms with Crippen LogP contribution < -0.4 is 5.32 Å². The second kappa shape index (κ2) is 6.24. The number of hydrogen-bond donors (Lipinski definition) is 1. The van der Waals surface area contributed by atoms with Gasteiger partial charge >= 0.3 is 0 Å². The topological polar surface area (TPSA) is 49.4 Å². The molecule has 0 bridgehead atoms. The van der Waals surface area contributed by atoms with Gasteiger partial charge in [-0.3, -0.25) is 9.59 Å². The largest absolute Gasteiger partial charge is 0.338 e. The molecule has 118 valence electrons. The van der Waals surface area contributed by atoms with E-state index in [2.05, 4.69) is 5.32 Å². The van der Waals surface area contributed by atoms with Crippen molar-refractivity contribution in [1.29, 1.82) is 0 Å². The second-order valence-electron chi connectivity index (χ2n) is 5.94. The first-order valence-electron chi connectivity index (χ1n) is 7.79. The lowest BCUT2D eigenvalue weighted by atomic mass is 9.99. The van der Waals surface area contributed by atoms with Crippen molar-refractivity contribution in [1.82, 2.24) is 4.90 Å². The summed E-state index contributed by atoms with van der Waals surface area (Å²) in [5, 5.41) is 2.95. The van der Waals surface area contributed by atoms with E-state index in [-0.39, 0.29) is 11.8 Å². The highest BCUT2D eigenvalue weighted by atomic mass is 16.2. The van der Waals surface area contributed by atoms with E-state index in [0.717, 1.165) is 29.8 Å². The van der Waals surface area contributed by atoms with Crippen LogP contribution >= 0.6 is 0 Å². The van der Waals surface area contributed by atoms with Crippen LogP contribution in [0.1, 0.15) is 34.0 Å². The molecule has 1 aliphatic heterocycles. The fourth-order valence-corrected chi connectivity index (χ4v) is 2.93. The molecule has 1 N–H and O–H groups in total. The van der Waals surface area contributed by atoms with Gasteiger partial charge in [0, 0.05) is 31.3 Å². The maximum atomic E-state index is 12.4. The molecule has 0 spiro atoms. The van der Waals surface area contributed by atoms with Crippen LogP contribution in [0, 0.1) is 6.92 Å². The first-order valence-corrected chi connectivity index (χ1v) is 7.79. The molecule has 4 nitrogen and oxygen atoms in total. The van der Waals surface area contributed by atoms with Gasteiger partial charge in [0.05, 0.1) is 0 Å². The van der Waals surface area contributed by atoms with Crippen LogP contribution in [0.5, 0.6) is 0 Å². The first-order chi connectivity index (χ1) is 11.0. The molecule has 0 aliphatic carbocycles. The molecule has 2 aromatic carbocycles. The predicted octanol–water partition coefficient (Wildman–Crippen LogP) is 3.15. The summed E-state index contributed by atoms with van der Waals surface area (Å²) in [6.45, 7) is 4.89. The molecule has 0 atom stereocenters. The van der Waals surface area contributed by atoms with Gasteiger partial charge in [0.25, 0.3) is 5.91 Å². The quantitative estimate of drug-likeness (QED) is 0.926. The Morgan fingerprint density at radius 1 is 1.09 bits per heavy atom. The maximum absolute atomic E-state index is 12.4. The molecule has 3 rings (SSSR count). The van der Waals surface area contributed by atoms with Crippen molar-refractivity contribution in [3.05, 3.63) is 64.7 Å². The van der Waals surface area contributed by atoms with Gasteiger partial charge in [0.2, 0.25) is 5.91 Å². The van der Waals surface area contributed by atoms with Crippen LogP contribution in [0.25, 0.3) is 0 Å². The second-order valence-corrected chi connectivity index (χ2v) is 5.94. The number of nitrogens with zero attached hydrogens (tertiary/aromatic N) is 1. The van der Waals surface area contributed by atoms with Crippen LogP contribution in [0.4, 0.5) is 5.69 Å². The smallest absolute Gasteiger partial charge is 0.255 e. The van der Waals surface area contributed by atoms with Crippen molar-refractivity contribution >= 4 is 17.5 Å². The molecule has 0 saturated carbocycles. The highest BCUT2D eigenvalue weighted by molar-refractivity contribution is 6.05. The molecule has 23 heavy (non-hydrogen) atoms. The Morgan fingerprint density at radius 2 is 1.87 bits per heavy atom. The summed E-state index contributed by atoms with van der Waals surface area (Å²) in [5.41, 5.74) is 4.74. The maximum Gasteiger partial charge on any atom is 0.255 e. The number of anilines is 1. The summed E-state index contributed by atoms with van der Waals surface area (Å²) in [5.74, 6) is -0.0210. The molecule has 0 aromatic heterocycles. The highest BCUT2D eigenvalue weighted by Gasteiger charge is 2.18. The van der Waals surface area contributed by atoms with Gasteiger partial charge in [0.15, 0.2) is 0 Å². The highest BCUT2D eigenvalue weighted by Crippen LogP contribution is 2.23. The minimum absolute atomic E-state index is 0.0880. The van der Waals surface area contributed by atoms with Crippen LogP contribution in [0.15, 0.2) is 42.5 Å².